The van der Waals surface area contributed by atoms with Crippen molar-refractivity contribution in [2.24, 2.45) is 22.0 Å². The fraction of sp³-hybridized carbons (Fsp3) is 0.800. The lowest BCUT2D eigenvalue weighted by Crippen LogP contribution is -2.56. The Bertz CT molecular complexity index is 1100. The molecule has 0 saturated carbocycles. The molecule has 9 heteroatoms. The van der Waals surface area contributed by atoms with Crippen molar-refractivity contribution in [3.8, 4) is 11.5 Å². The number of ether oxygens (including phenoxy) is 2. The summed E-state index contributed by atoms with van der Waals surface area (Å²) in [7, 11) is 0. The van der Waals surface area contributed by atoms with Crippen molar-refractivity contribution in [3.63, 3.8) is 0 Å². The van der Waals surface area contributed by atoms with Crippen molar-refractivity contribution >= 4 is 5.91 Å². The number of phenols is 2. The highest BCUT2D eigenvalue weighted by molar-refractivity contribution is 5.76. The van der Waals surface area contributed by atoms with Crippen LogP contribution < -0.4 is 11.1 Å². The van der Waals surface area contributed by atoms with Crippen LogP contribution in [0.25, 0.3) is 0 Å². The molecule has 1 aliphatic rings. The lowest BCUT2D eigenvalue weighted by molar-refractivity contribution is -0.132. The summed E-state index contributed by atoms with van der Waals surface area (Å²) in [4.78, 5) is 12.9. The van der Waals surface area contributed by atoms with E-state index in [-0.39, 0.29) is 47.7 Å². The van der Waals surface area contributed by atoms with Gasteiger partial charge < -0.3 is 41.0 Å². The molecule has 1 saturated heterocycles. The molecule has 0 bridgehead atoms. The smallest absolute Gasteiger partial charge is 0.220 e. The van der Waals surface area contributed by atoms with Crippen LogP contribution in [-0.2, 0) is 20.7 Å². The van der Waals surface area contributed by atoms with Crippen LogP contribution in [0.4, 0.5) is 0 Å². The first kappa shape index (κ1) is 38.3. The van der Waals surface area contributed by atoms with Gasteiger partial charge in [-0.25, -0.2) is 0 Å². The SMILES string of the molecule is CCC1(CC(C)(C)OCC(C)(C)C(O)C(C)(C)CC(C)(CN)NC(=O)CCCCc2cc(O)ccc2O)OC1C(C)(C)CO. The monoisotopic (exact) mass is 622 g/mol. The summed E-state index contributed by atoms with van der Waals surface area (Å²) >= 11 is 0. The molecule has 1 heterocycles. The number of carbonyl (C=O) groups is 1. The minimum absolute atomic E-state index is 0.0266. The third-order valence-electron chi connectivity index (χ3n) is 9.43. The number of amides is 1. The van der Waals surface area contributed by atoms with Crippen LogP contribution in [0.1, 0.15) is 113 Å². The quantitative estimate of drug-likeness (QED) is 0.0698. The third kappa shape index (κ3) is 10.0. The molecule has 254 valence electrons. The standard InChI is InChI=1S/C35H62N2O7/c1-11-35(29(44-35)31(4,5)22-38)20-33(8,9)43-23-32(6,7)28(42)30(2,3)19-34(10,21-36)37-27(41)15-13-12-14-24-18-25(39)16-17-26(24)40/h16-18,28-29,38-40,42H,11-15,19-23,36H2,1-10H3,(H,37,41). The molecule has 0 spiro atoms. The summed E-state index contributed by atoms with van der Waals surface area (Å²) in [6.07, 6.45) is 3.39. The molecule has 7 N–H and O–H groups in total. The number of rotatable bonds is 19. The van der Waals surface area contributed by atoms with Gasteiger partial charge in [-0.2, -0.15) is 0 Å². The molecule has 4 unspecified atom stereocenters. The van der Waals surface area contributed by atoms with Crippen LogP contribution >= 0.6 is 0 Å². The maximum Gasteiger partial charge on any atom is 0.220 e. The molecule has 0 aliphatic carbocycles. The number of nitrogens with two attached hydrogens (primary N) is 1. The maximum absolute atomic E-state index is 12.9. The summed E-state index contributed by atoms with van der Waals surface area (Å²) in [5.74, 6) is 0.132. The number of aliphatic hydroxyl groups excluding tert-OH is 2. The van der Waals surface area contributed by atoms with Gasteiger partial charge in [-0.1, -0.05) is 48.5 Å². The van der Waals surface area contributed by atoms with Gasteiger partial charge in [0.2, 0.25) is 5.91 Å². The second kappa shape index (κ2) is 14.2. The maximum atomic E-state index is 12.9. The molecule has 4 atom stereocenters. The summed E-state index contributed by atoms with van der Waals surface area (Å²) < 4.78 is 12.7. The number of aryl methyl sites for hydroxylation is 1. The predicted molar refractivity (Wildman–Crippen MR) is 175 cm³/mol. The van der Waals surface area contributed by atoms with E-state index in [0.29, 0.717) is 50.7 Å². The number of hydrogen-bond donors (Lipinski definition) is 6. The van der Waals surface area contributed by atoms with Crippen molar-refractivity contribution in [2.75, 3.05) is 19.8 Å². The molecule has 0 aromatic heterocycles. The summed E-state index contributed by atoms with van der Waals surface area (Å²) in [5.41, 5.74) is 3.78. The molecular weight excluding hydrogens is 560 g/mol. The number of epoxide rings is 1. The number of carbonyl (C=O) groups excluding carboxylic acids is 1. The summed E-state index contributed by atoms with van der Waals surface area (Å²) in [5, 5.41) is 44.2. The zero-order chi connectivity index (χ0) is 33.8. The van der Waals surface area contributed by atoms with Crippen molar-refractivity contribution in [3.05, 3.63) is 23.8 Å². The highest BCUT2D eigenvalue weighted by Gasteiger charge is 2.63. The zero-order valence-electron chi connectivity index (χ0n) is 29.0. The van der Waals surface area contributed by atoms with Gasteiger partial charge in [0, 0.05) is 30.2 Å². The molecule has 1 fully saturated rings. The average molecular weight is 623 g/mol. The fourth-order valence-electron chi connectivity index (χ4n) is 7.01. The van der Waals surface area contributed by atoms with Gasteiger partial charge in [0.1, 0.15) is 11.5 Å². The van der Waals surface area contributed by atoms with Gasteiger partial charge in [0.25, 0.3) is 0 Å². The third-order valence-corrected chi connectivity index (χ3v) is 9.43. The fourth-order valence-corrected chi connectivity index (χ4v) is 7.01. The van der Waals surface area contributed by atoms with Crippen LogP contribution in [0, 0.1) is 16.2 Å². The summed E-state index contributed by atoms with van der Waals surface area (Å²) in [6.45, 7) is 20.8. The Morgan fingerprint density at radius 1 is 1.07 bits per heavy atom. The number of phenolic OH excluding ortho intramolecular Hbond substituents is 2. The average Bonchev–Trinajstić information content (AvgIpc) is 3.65. The Labute approximate surface area is 265 Å². The molecule has 1 aromatic carbocycles. The number of benzene rings is 1. The highest BCUT2D eigenvalue weighted by Crippen LogP contribution is 2.54. The van der Waals surface area contributed by atoms with Crippen LogP contribution in [0.3, 0.4) is 0 Å². The largest absolute Gasteiger partial charge is 0.508 e. The predicted octanol–water partition coefficient (Wildman–Crippen LogP) is 5.20. The minimum Gasteiger partial charge on any atom is -0.508 e. The van der Waals surface area contributed by atoms with Gasteiger partial charge in [-0.05, 0) is 82.1 Å². The van der Waals surface area contributed by atoms with Crippen molar-refractivity contribution in [1.82, 2.24) is 5.32 Å². The van der Waals surface area contributed by atoms with Crippen molar-refractivity contribution < 1.29 is 34.7 Å². The Morgan fingerprint density at radius 3 is 2.27 bits per heavy atom. The minimum atomic E-state index is -0.748. The van der Waals surface area contributed by atoms with Crippen LogP contribution in [0.5, 0.6) is 11.5 Å². The zero-order valence-corrected chi connectivity index (χ0v) is 29.0. The molecule has 2 rings (SSSR count). The van der Waals surface area contributed by atoms with E-state index in [2.05, 4.69) is 26.1 Å². The van der Waals surface area contributed by atoms with Gasteiger partial charge in [-0.15, -0.1) is 0 Å². The van der Waals surface area contributed by atoms with E-state index in [9.17, 15) is 25.2 Å². The number of unbranched alkanes of at least 4 members (excludes halogenated alkanes) is 1. The lowest BCUT2D eigenvalue weighted by Gasteiger charge is -2.46. The lowest BCUT2D eigenvalue weighted by atomic mass is 9.67. The van der Waals surface area contributed by atoms with E-state index >= 15 is 0 Å². The number of hydrogen-bond acceptors (Lipinski definition) is 8. The molecule has 1 aromatic rings. The van der Waals surface area contributed by atoms with Gasteiger partial charge >= 0.3 is 0 Å². The Morgan fingerprint density at radius 2 is 1.70 bits per heavy atom. The molecule has 1 amide bonds. The number of nitrogens with one attached hydrogen (secondary N) is 1. The number of aromatic hydroxyl groups is 2. The summed E-state index contributed by atoms with van der Waals surface area (Å²) in [6, 6.07) is 4.45. The highest BCUT2D eigenvalue weighted by atomic mass is 16.6. The van der Waals surface area contributed by atoms with E-state index in [1.807, 2.05) is 48.5 Å². The van der Waals surface area contributed by atoms with Crippen LogP contribution in [-0.4, -0.2) is 75.0 Å². The van der Waals surface area contributed by atoms with Crippen molar-refractivity contribution in [2.45, 2.75) is 143 Å². The molecule has 1 aliphatic heterocycles. The van der Waals surface area contributed by atoms with E-state index in [1.54, 1.807) is 6.07 Å². The van der Waals surface area contributed by atoms with Crippen molar-refractivity contribution in [1.29, 1.82) is 0 Å². The molecular formula is C35H62N2O7. The van der Waals surface area contributed by atoms with Crippen LogP contribution in [0.2, 0.25) is 0 Å². The van der Waals surface area contributed by atoms with Gasteiger partial charge in [0.15, 0.2) is 0 Å². The van der Waals surface area contributed by atoms with Crippen LogP contribution in [0.15, 0.2) is 18.2 Å². The van der Waals surface area contributed by atoms with Gasteiger partial charge in [0.05, 0.1) is 42.2 Å². The normalized spacial score (nSPS) is 21.5. The second-order valence-corrected chi connectivity index (χ2v) is 16.2. The first-order chi connectivity index (χ1) is 20.1. The molecule has 9 nitrogen and oxygen atoms in total. The Hall–Kier alpha value is -1.91. The first-order valence-electron chi connectivity index (χ1n) is 16.2. The van der Waals surface area contributed by atoms with E-state index in [0.717, 1.165) is 6.42 Å². The topological polar surface area (TPSA) is 158 Å². The molecule has 0 radical (unpaired) electrons. The van der Waals surface area contributed by atoms with E-state index in [1.165, 1.54) is 12.1 Å². The van der Waals surface area contributed by atoms with E-state index in [4.69, 9.17) is 15.2 Å². The Kier molecular flexibility index (Phi) is 12.4. The molecule has 44 heavy (non-hydrogen) atoms. The van der Waals surface area contributed by atoms with Gasteiger partial charge in [-0.3, -0.25) is 4.79 Å². The Balaban J connectivity index is 1.94. The van der Waals surface area contributed by atoms with E-state index < -0.39 is 28.1 Å². The number of aliphatic hydroxyl groups is 2. The second-order valence-electron chi connectivity index (χ2n) is 16.2. The first-order valence-corrected chi connectivity index (χ1v) is 16.2.